The zero-order chi connectivity index (χ0) is 18.8. The molecule has 4 rings (SSSR count). The lowest BCUT2D eigenvalue weighted by Crippen LogP contribution is -1.90. The Morgan fingerprint density at radius 1 is 0.815 bits per heavy atom. The third kappa shape index (κ3) is 3.51. The molecule has 3 aromatic heterocycles. The van der Waals surface area contributed by atoms with Crippen LogP contribution < -0.4 is 0 Å². The first-order valence-electron chi connectivity index (χ1n) is 9.17. The highest BCUT2D eigenvalue weighted by Gasteiger charge is 2.17. The summed E-state index contributed by atoms with van der Waals surface area (Å²) in [6.07, 6.45) is 1.81. The van der Waals surface area contributed by atoms with Crippen LogP contribution in [0.4, 0.5) is 0 Å². The Morgan fingerprint density at radius 3 is 2.33 bits per heavy atom. The van der Waals surface area contributed by atoms with Crippen LogP contribution in [-0.2, 0) is 0 Å². The van der Waals surface area contributed by atoms with E-state index < -0.39 is 0 Å². The molecule has 0 fully saturated rings. The van der Waals surface area contributed by atoms with Gasteiger partial charge in [0, 0.05) is 28.9 Å². The summed E-state index contributed by atoms with van der Waals surface area (Å²) in [5.74, 6) is 1.27. The number of H-pyrrole nitrogens is 1. The highest BCUT2D eigenvalue weighted by molar-refractivity contribution is 5.79. The Hall–Kier alpha value is -3.27. The van der Waals surface area contributed by atoms with Crippen molar-refractivity contribution in [3.63, 3.8) is 0 Å². The number of aromatic amines is 1. The number of imidazole rings is 1. The molecular formula is C23H22N4. The molecule has 0 aliphatic heterocycles. The summed E-state index contributed by atoms with van der Waals surface area (Å²) in [5, 5.41) is 0. The number of aryl methyl sites for hydroxylation is 1. The quantitative estimate of drug-likeness (QED) is 0.516. The number of rotatable bonds is 4. The highest BCUT2D eigenvalue weighted by Crippen LogP contribution is 2.33. The van der Waals surface area contributed by atoms with Crippen LogP contribution in [0.25, 0.3) is 33.9 Å². The van der Waals surface area contributed by atoms with Crippen molar-refractivity contribution in [2.45, 2.75) is 26.7 Å². The molecule has 4 nitrogen and oxygen atoms in total. The average molecular weight is 354 g/mol. The fraction of sp³-hybridized carbons (Fsp3) is 0.174. The summed E-state index contributed by atoms with van der Waals surface area (Å²) < 4.78 is 0. The van der Waals surface area contributed by atoms with Gasteiger partial charge in [-0.15, -0.1) is 0 Å². The highest BCUT2D eigenvalue weighted by atomic mass is 15.0. The fourth-order valence-corrected chi connectivity index (χ4v) is 3.10. The van der Waals surface area contributed by atoms with Crippen LogP contribution >= 0.6 is 0 Å². The lowest BCUT2D eigenvalue weighted by atomic mass is 10.0. The molecule has 0 unspecified atom stereocenters. The van der Waals surface area contributed by atoms with E-state index in [9.17, 15) is 0 Å². The fourth-order valence-electron chi connectivity index (χ4n) is 3.10. The lowest BCUT2D eigenvalue weighted by Gasteiger charge is -2.06. The molecule has 0 radical (unpaired) electrons. The van der Waals surface area contributed by atoms with Gasteiger partial charge in [0.15, 0.2) is 0 Å². The molecule has 134 valence electrons. The van der Waals surface area contributed by atoms with Crippen molar-refractivity contribution in [2.75, 3.05) is 0 Å². The maximum absolute atomic E-state index is 4.90. The summed E-state index contributed by atoms with van der Waals surface area (Å²) in [6.45, 7) is 6.28. The van der Waals surface area contributed by atoms with Gasteiger partial charge >= 0.3 is 0 Å². The number of nitrogens with zero attached hydrogens (tertiary/aromatic N) is 3. The summed E-state index contributed by atoms with van der Waals surface area (Å²) in [4.78, 5) is 17.6. The number of benzene rings is 1. The van der Waals surface area contributed by atoms with E-state index in [2.05, 4.69) is 48.1 Å². The van der Waals surface area contributed by atoms with Gasteiger partial charge in [0.05, 0.1) is 22.8 Å². The molecule has 0 amide bonds. The Balaban J connectivity index is 1.86. The Kier molecular flexibility index (Phi) is 4.55. The van der Waals surface area contributed by atoms with Gasteiger partial charge in [-0.3, -0.25) is 9.97 Å². The van der Waals surface area contributed by atoms with Gasteiger partial charge in [-0.25, -0.2) is 4.98 Å². The van der Waals surface area contributed by atoms with Gasteiger partial charge in [-0.05, 0) is 37.3 Å². The third-order valence-corrected chi connectivity index (χ3v) is 4.51. The van der Waals surface area contributed by atoms with Crippen molar-refractivity contribution in [1.29, 1.82) is 0 Å². The number of hydrogen-bond acceptors (Lipinski definition) is 3. The molecule has 0 aliphatic carbocycles. The van der Waals surface area contributed by atoms with Gasteiger partial charge in [0.25, 0.3) is 0 Å². The van der Waals surface area contributed by atoms with Crippen molar-refractivity contribution in [2.24, 2.45) is 0 Å². The molecule has 0 spiro atoms. The topological polar surface area (TPSA) is 54.5 Å². The molecule has 0 aliphatic rings. The molecule has 4 aromatic rings. The minimum atomic E-state index is 0.307. The second kappa shape index (κ2) is 7.16. The van der Waals surface area contributed by atoms with E-state index in [1.807, 2.05) is 49.5 Å². The number of nitrogens with one attached hydrogen (secondary N) is 1. The first-order chi connectivity index (χ1) is 13.1. The van der Waals surface area contributed by atoms with Gasteiger partial charge in [-0.1, -0.05) is 44.2 Å². The molecule has 3 heterocycles. The van der Waals surface area contributed by atoms with Crippen LogP contribution in [0.5, 0.6) is 0 Å². The Bertz CT molecular complexity index is 1060. The van der Waals surface area contributed by atoms with Crippen LogP contribution in [0.3, 0.4) is 0 Å². The molecule has 1 N–H and O–H groups in total. The van der Waals surface area contributed by atoms with Crippen LogP contribution in [-0.4, -0.2) is 19.9 Å². The van der Waals surface area contributed by atoms with E-state index in [0.717, 1.165) is 45.4 Å². The van der Waals surface area contributed by atoms with E-state index in [1.54, 1.807) is 0 Å². The molecule has 4 heteroatoms. The van der Waals surface area contributed by atoms with E-state index in [-0.39, 0.29) is 0 Å². The SMILES string of the molecule is Cc1cccc(-c2[nH]c(C(C)C)nc2-c2cccc(-c3ccccn3)c2)n1. The monoisotopic (exact) mass is 354 g/mol. The zero-order valence-electron chi connectivity index (χ0n) is 15.8. The molecule has 27 heavy (non-hydrogen) atoms. The summed E-state index contributed by atoms with van der Waals surface area (Å²) >= 11 is 0. The van der Waals surface area contributed by atoms with Crippen molar-refractivity contribution in [3.05, 3.63) is 78.4 Å². The zero-order valence-corrected chi connectivity index (χ0v) is 15.8. The number of hydrogen-bond donors (Lipinski definition) is 1. The van der Waals surface area contributed by atoms with Gasteiger partial charge in [0.2, 0.25) is 0 Å². The minimum absolute atomic E-state index is 0.307. The summed E-state index contributed by atoms with van der Waals surface area (Å²) in [7, 11) is 0. The molecule has 0 atom stereocenters. The second-order valence-corrected chi connectivity index (χ2v) is 6.96. The second-order valence-electron chi connectivity index (χ2n) is 6.96. The average Bonchev–Trinajstić information content (AvgIpc) is 3.15. The van der Waals surface area contributed by atoms with E-state index in [1.165, 1.54) is 0 Å². The predicted octanol–water partition coefficient (Wildman–Crippen LogP) is 5.63. The van der Waals surface area contributed by atoms with Crippen LogP contribution in [0, 0.1) is 6.92 Å². The van der Waals surface area contributed by atoms with Gasteiger partial charge < -0.3 is 4.98 Å². The van der Waals surface area contributed by atoms with Crippen molar-refractivity contribution < 1.29 is 0 Å². The lowest BCUT2D eigenvalue weighted by molar-refractivity contribution is 0.795. The summed E-state index contributed by atoms with van der Waals surface area (Å²) in [5.41, 5.74) is 6.86. The van der Waals surface area contributed by atoms with Crippen LogP contribution in [0.2, 0.25) is 0 Å². The standard InChI is InChI=1S/C23H22N4/c1-15(2)23-26-21(22(27-23)20-12-6-8-16(3)25-20)18-10-7-9-17(14-18)19-11-4-5-13-24-19/h4-15H,1-3H3,(H,26,27). The molecule has 0 bridgehead atoms. The predicted molar refractivity (Wildman–Crippen MR) is 109 cm³/mol. The molecule has 0 saturated heterocycles. The minimum Gasteiger partial charge on any atom is -0.340 e. The number of pyridine rings is 2. The van der Waals surface area contributed by atoms with Crippen molar-refractivity contribution in [1.82, 2.24) is 19.9 Å². The van der Waals surface area contributed by atoms with Crippen molar-refractivity contribution in [3.8, 4) is 33.9 Å². The van der Waals surface area contributed by atoms with Crippen LogP contribution in [0.1, 0.15) is 31.3 Å². The smallest absolute Gasteiger partial charge is 0.109 e. The van der Waals surface area contributed by atoms with Gasteiger partial charge in [0.1, 0.15) is 5.82 Å². The first kappa shape index (κ1) is 17.2. The largest absolute Gasteiger partial charge is 0.340 e. The van der Waals surface area contributed by atoms with Gasteiger partial charge in [-0.2, -0.15) is 0 Å². The van der Waals surface area contributed by atoms with Crippen molar-refractivity contribution >= 4 is 0 Å². The van der Waals surface area contributed by atoms with E-state index in [0.29, 0.717) is 5.92 Å². The Morgan fingerprint density at radius 2 is 1.59 bits per heavy atom. The molecule has 0 saturated carbocycles. The maximum Gasteiger partial charge on any atom is 0.109 e. The van der Waals surface area contributed by atoms with E-state index in [4.69, 9.17) is 9.97 Å². The Labute approximate surface area is 159 Å². The molecule has 1 aromatic carbocycles. The number of aromatic nitrogens is 4. The summed E-state index contributed by atoms with van der Waals surface area (Å²) in [6, 6.07) is 20.4. The maximum atomic E-state index is 4.90. The van der Waals surface area contributed by atoms with Crippen LogP contribution in [0.15, 0.2) is 66.9 Å². The first-order valence-corrected chi connectivity index (χ1v) is 9.17. The van der Waals surface area contributed by atoms with E-state index >= 15 is 0 Å². The normalized spacial score (nSPS) is 11.1. The third-order valence-electron chi connectivity index (χ3n) is 4.51. The molecular weight excluding hydrogens is 332 g/mol.